The van der Waals surface area contributed by atoms with E-state index in [9.17, 15) is 0 Å². The number of nitrogens with zero attached hydrogens (tertiary/aromatic N) is 4. The molecule has 1 N–H and O–H groups in total. The Balaban J connectivity index is 1.32. The van der Waals surface area contributed by atoms with Crippen LogP contribution in [0.2, 0.25) is 15.1 Å². The first-order valence-electron chi connectivity index (χ1n) is 10.8. The molecule has 1 aliphatic rings. The number of hydrogen-bond donors (Lipinski definition) is 1. The van der Waals surface area contributed by atoms with Gasteiger partial charge in [0.2, 0.25) is 0 Å². The molecule has 2 aromatic heterocycles. The van der Waals surface area contributed by atoms with E-state index in [0.29, 0.717) is 32.2 Å². The normalized spacial score (nSPS) is 15.2. The molecular formula is C24H21BCl3N5. The van der Waals surface area contributed by atoms with Crippen LogP contribution in [0.5, 0.6) is 0 Å². The van der Waals surface area contributed by atoms with E-state index < -0.39 is 0 Å². The first-order valence-corrected chi connectivity index (χ1v) is 11.9. The molecule has 0 amide bonds. The van der Waals surface area contributed by atoms with Gasteiger partial charge >= 0.3 is 0 Å². The van der Waals surface area contributed by atoms with Crippen LogP contribution in [0.25, 0.3) is 16.9 Å². The van der Waals surface area contributed by atoms with Gasteiger partial charge in [-0.05, 0) is 42.1 Å². The molecule has 9 heteroatoms. The van der Waals surface area contributed by atoms with Crippen LogP contribution in [0.1, 0.15) is 18.4 Å². The minimum Gasteiger partial charge on any atom is -0.367 e. The fraction of sp³-hybridized carbons (Fsp3) is 0.250. The van der Waals surface area contributed by atoms with E-state index in [-0.39, 0.29) is 0 Å². The van der Waals surface area contributed by atoms with Crippen molar-refractivity contribution in [2.45, 2.75) is 25.4 Å². The molecule has 0 unspecified atom stereocenters. The molecule has 0 aliphatic carbocycles. The Bertz CT molecular complexity index is 1300. The number of halogens is 3. The summed E-state index contributed by atoms with van der Waals surface area (Å²) >= 11 is 18.6. The van der Waals surface area contributed by atoms with Crippen LogP contribution in [-0.4, -0.2) is 46.5 Å². The minimum absolute atomic E-state index is 0.310. The van der Waals surface area contributed by atoms with Crippen molar-refractivity contribution in [3.63, 3.8) is 0 Å². The van der Waals surface area contributed by atoms with E-state index in [1.165, 1.54) is 5.56 Å². The molecule has 0 bridgehead atoms. The third-order valence-electron chi connectivity index (χ3n) is 5.98. The molecule has 1 aliphatic heterocycles. The highest BCUT2D eigenvalue weighted by Crippen LogP contribution is 2.29. The Kier molecular flexibility index (Phi) is 6.52. The standard InChI is InChI=1S/C24H21BCl3N5/c25-18-13-29-33-23(12-22(31-24(18)33)17-3-1-2-4-19(17)26)30-16-7-9-32(10-8-16)14-15-5-6-20(27)21(28)11-15/h1-6,11-13,16,30H,7-10,14H2. The van der Waals surface area contributed by atoms with Gasteiger partial charge in [-0.2, -0.15) is 9.61 Å². The smallest absolute Gasteiger partial charge is 0.150 e. The summed E-state index contributed by atoms with van der Waals surface area (Å²) in [6.07, 6.45) is 3.64. The quantitative estimate of drug-likeness (QED) is 0.385. The third kappa shape index (κ3) is 4.85. The number of aromatic nitrogens is 3. The summed E-state index contributed by atoms with van der Waals surface area (Å²) < 4.78 is 1.76. The second-order valence-corrected chi connectivity index (χ2v) is 9.51. The molecule has 2 aromatic carbocycles. The maximum atomic E-state index is 6.43. The summed E-state index contributed by atoms with van der Waals surface area (Å²) in [6.45, 7) is 2.81. The zero-order chi connectivity index (χ0) is 22.9. The van der Waals surface area contributed by atoms with E-state index in [1.54, 1.807) is 10.7 Å². The molecule has 0 saturated carbocycles. The maximum Gasteiger partial charge on any atom is 0.150 e. The number of hydrogen-bond acceptors (Lipinski definition) is 4. The summed E-state index contributed by atoms with van der Waals surface area (Å²) in [7, 11) is 6.14. The predicted octanol–water partition coefficient (Wildman–Crippen LogP) is 5.23. The van der Waals surface area contributed by atoms with Crippen molar-refractivity contribution in [3.8, 4) is 11.3 Å². The van der Waals surface area contributed by atoms with E-state index in [0.717, 1.165) is 49.6 Å². The van der Waals surface area contributed by atoms with E-state index in [4.69, 9.17) is 47.6 Å². The topological polar surface area (TPSA) is 45.5 Å². The average molecular weight is 497 g/mol. The monoisotopic (exact) mass is 495 g/mol. The van der Waals surface area contributed by atoms with E-state index in [2.05, 4.69) is 15.3 Å². The number of likely N-dealkylation sites (tertiary alicyclic amines) is 1. The number of piperidine rings is 1. The maximum absolute atomic E-state index is 6.43. The lowest BCUT2D eigenvalue weighted by molar-refractivity contribution is 0.211. The van der Waals surface area contributed by atoms with Crippen molar-refractivity contribution in [3.05, 3.63) is 75.4 Å². The van der Waals surface area contributed by atoms with Crippen molar-refractivity contribution < 1.29 is 0 Å². The van der Waals surface area contributed by atoms with Gasteiger partial charge in [0.15, 0.2) is 5.65 Å². The first-order chi connectivity index (χ1) is 16.0. The van der Waals surface area contributed by atoms with Crippen LogP contribution in [0, 0.1) is 0 Å². The number of benzene rings is 2. The molecule has 5 nitrogen and oxygen atoms in total. The van der Waals surface area contributed by atoms with Crippen molar-refractivity contribution in [1.29, 1.82) is 0 Å². The molecular weight excluding hydrogens is 475 g/mol. The van der Waals surface area contributed by atoms with Gasteiger partial charge in [0.25, 0.3) is 0 Å². The van der Waals surface area contributed by atoms with Gasteiger partial charge in [-0.25, -0.2) is 4.98 Å². The summed E-state index contributed by atoms with van der Waals surface area (Å²) in [4.78, 5) is 7.15. The summed E-state index contributed by atoms with van der Waals surface area (Å²) in [5.74, 6) is 0.856. The lowest BCUT2D eigenvalue weighted by Gasteiger charge is -2.33. The predicted molar refractivity (Wildman–Crippen MR) is 137 cm³/mol. The van der Waals surface area contributed by atoms with Crippen LogP contribution in [0.4, 0.5) is 5.82 Å². The van der Waals surface area contributed by atoms with Gasteiger partial charge in [-0.3, -0.25) is 4.90 Å². The average Bonchev–Trinajstić information content (AvgIpc) is 3.19. The fourth-order valence-electron chi connectivity index (χ4n) is 4.23. The Morgan fingerprint density at radius 1 is 0.970 bits per heavy atom. The molecule has 2 radical (unpaired) electrons. The molecule has 4 aromatic rings. The van der Waals surface area contributed by atoms with Crippen molar-refractivity contribution >= 4 is 59.6 Å². The van der Waals surface area contributed by atoms with Gasteiger partial charge in [0.05, 0.1) is 15.7 Å². The van der Waals surface area contributed by atoms with Crippen LogP contribution in [0.3, 0.4) is 0 Å². The molecule has 0 atom stereocenters. The Hall–Kier alpha value is -2.25. The summed E-state index contributed by atoms with van der Waals surface area (Å²) in [5, 5.41) is 9.92. The van der Waals surface area contributed by atoms with Gasteiger partial charge in [-0.1, -0.05) is 59.1 Å². The van der Waals surface area contributed by atoms with Crippen molar-refractivity contribution in [2.24, 2.45) is 0 Å². The Labute approximate surface area is 209 Å². The minimum atomic E-state index is 0.310. The molecule has 3 heterocycles. The van der Waals surface area contributed by atoms with Gasteiger partial charge in [0.1, 0.15) is 13.7 Å². The van der Waals surface area contributed by atoms with E-state index >= 15 is 0 Å². The zero-order valence-corrected chi connectivity index (χ0v) is 20.1. The lowest BCUT2D eigenvalue weighted by atomic mass is 10.0. The lowest BCUT2D eigenvalue weighted by Crippen LogP contribution is -2.39. The third-order valence-corrected chi connectivity index (χ3v) is 7.05. The number of fused-ring (bicyclic) bond motifs is 1. The van der Waals surface area contributed by atoms with Crippen molar-refractivity contribution in [2.75, 3.05) is 18.4 Å². The first kappa shape index (κ1) is 22.5. The van der Waals surface area contributed by atoms with Crippen LogP contribution < -0.4 is 10.8 Å². The number of rotatable bonds is 5. The highest BCUT2D eigenvalue weighted by Gasteiger charge is 2.21. The van der Waals surface area contributed by atoms with Crippen molar-refractivity contribution in [1.82, 2.24) is 19.5 Å². The highest BCUT2D eigenvalue weighted by atomic mass is 35.5. The van der Waals surface area contributed by atoms with Gasteiger partial charge < -0.3 is 5.32 Å². The number of nitrogens with one attached hydrogen (secondary N) is 1. The van der Waals surface area contributed by atoms with Crippen LogP contribution >= 0.6 is 34.8 Å². The zero-order valence-electron chi connectivity index (χ0n) is 17.8. The second kappa shape index (κ2) is 9.55. The molecule has 1 saturated heterocycles. The second-order valence-electron chi connectivity index (χ2n) is 8.29. The Morgan fingerprint density at radius 2 is 1.76 bits per heavy atom. The van der Waals surface area contributed by atoms with Gasteiger partial charge in [0, 0.05) is 48.5 Å². The fourth-order valence-corrected chi connectivity index (χ4v) is 4.78. The molecule has 0 spiro atoms. The molecule has 1 fully saturated rings. The van der Waals surface area contributed by atoms with Gasteiger partial charge in [-0.15, -0.1) is 0 Å². The summed E-state index contributed by atoms with van der Waals surface area (Å²) in [6, 6.07) is 15.8. The molecule has 166 valence electrons. The molecule has 33 heavy (non-hydrogen) atoms. The van der Waals surface area contributed by atoms with Crippen LogP contribution in [-0.2, 0) is 6.54 Å². The van der Waals surface area contributed by atoms with E-state index in [1.807, 2.05) is 48.5 Å². The largest absolute Gasteiger partial charge is 0.367 e. The highest BCUT2D eigenvalue weighted by molar-refractivity contribution is 6.42. The molecule has 5 rings (SSSR count). The van der Waals surface area contributed by atoms with Crippen LogP contribution in [0.15, 0.2) is 54.7 Å². The Morgan fingerprint density at radius 3 is 2.52 bits per heavy atom. The SMILES string of the molecule is [B]c1cnn2c(NC3CCN(Cc4ccc(Cl)c(Cl)c4)CC3)cc(-c3ccccc3Cl)nc12. The summed E-state index contributed by atoms with van der Waals surface area (Å²) in [5.41, 5.74) is 3.94. The number of anilines is 1.